The maximum Gasteiger partial charge on any atom is 0.336 e. The van der Waals surface area contributed by atoms with E-state index in [1.54, 1.807) is 30.3 Å². The molecule has 2 aromatic carbocycles. The summed E-state index contributed by atoms with van der Waals surface area (Å²) in [6.07, 6.45) is 5.55. The second-order valence-electron chi connectivity index (χ2n) is 6.11. The van der Waals surface area contributed by atoms with Crippen molar-refractivity contribution >= 4 is 11.8 Å². The number of ketones is 1. The molecule has 0 unspecified atom stereocenters. The van der Waals surface area contributed by atoms with Gasteiger partial charge in [0.25, 0.3) is 0 Å². The van der Waals surface area contributed by atoms with Crippen molar-refractivity contribution in [1.29, 1.82) is 0 Å². The van der Waals surface area contributed by atoms with Crippen molar-refractivity contribution in [3.8, 4) is 0 Å². The Hall–Kier alpha value is -2.42. The first-order chi connectivity index (χ1) is 11.2. The van der Waals surface area contributed by atoms with Gasteiger partial charge in [0, 0.05) is 11.1 Å². The highest BCUT2D eigenvalue weighted by Gasteiger charge is 2.26. The second-order valence-corrected chi connectivity index (χ2v) is 6.11. The molecule has 1 N–H and O–H groups in total. The van der Waals surface area contributed by atoms with E-state index < -0.39 is 5.97 Å². The first-order valence-electron chi connectivity index (χ1n) is 8.14. The molecule has 0 aromatic heterocycles. The molecule has 0 aliphatic heterocycles. The lowest BCUT2D eigenvalue weighted by Gasteiger charge is -2.24. The van der Waals surface area contributed by atoms with Gasteiger partial charge in [-0.1, -0.05) is 61.7 Å². The summed E-state index contributed by atoms with van der Waals surface area (Å²) >= 11 is 0. The predicted molar refractivity (Wildman–Crippen MR) is 89.1 cm³/mol. The monoisotopic (exact) mass is 308 g/mol. The Morgan fingerprint density at radius 2 is 1.57 bits per heavy atom. The average Bonchev–Trinajstić information content (AvgIpc) is 2.62. The Labute approximate surface area is 136 Å². The fourth-order valence-electron chi connectivity index (χ4n) is 3.49. The quantitative estimate of drug-likeness (QED) is 0.835. The van der Waals surface area contributed by atoms with Gasteiger partial charge in [-0.3, -0.25) is 4.79 Å². The first-order valence-corrected chi connectivity index (χ1v) is 8.14. The third kappa shape index (κ3) is 3.19. The van der Waals surface area contributed by atoms with Gasteiger partial charge in [-0.05, 0) is 30.4 Å². The number of carbonyl (C=O) groups is 2. The number of carbonyl (C=O) groups excluding carboxylic acids is 1. The topological polar surface area (TPSA) is 54.4 Å². The molecule has 2 aromatic rings. The number of aromatic carboxylic acids is 1. The van der Waals surface area contributed by atoms with Crippen LogP contribution in [-0.2, 0) is 0 Å². The summed E-state index contributed by atoms with van der Waals surface area (Å²) in [5.74, 6) is -0.947. The minimum Gasteiger partial charge on any atom is -0.478 e. The van der Waals surface area contributed by atoms with Gasteiger partial charge >= 0.3 is 5.97 Å². The van der Waals surface area contributed by atoms with Crippen molar-refractivity contribution < 1.29 is 14.7 Å². The number of carboxylic acid groups (broad SMARTS) is 1. The van der Waals surface area contributed by atoms with Gasteiger partial charge < -0.3 is 5.11 Å². The van der Waals surface area contributed by atoms with E-state index >= 15 is 0 Å². The normalized spacial score (nSPS) is 15.3. The SMILES string of the molecule is O=C(O)c1cccc(C2CCCCC2)c1C(=O)c1ccccc1. The van der Waals surface area contributed by atoms with Gasteiger partial charge in [0.2, 0.25) is 0 Å². The summed E-state index contributed by atoms with van der Waals surface area (Å²) in [5, 5.41) is 9.53. The van der Waals surface area contributed by atoms with Gasteiger partial charge in [0.1, 0.15) is 0 Å². The van der Waals surface area contributed by atoms with Crippen LogP contribution in [0.3, 0.4) is 0 Å². The number of carboxylic acids is 1. The maximum absolute atomic E-state index is 13.0. The molecule has 0 saturated heterocycles. The Morgan fingerprint density at radius 3 is 2.22 bits per heavy atom. The van der Waals surface area contributed by atoms with Crippen molar-refractivity contribution in [2.75, 3.05) is 0 Å². The predicted octanol–water partition coefficient (Wildman–Crippen LogP) is 4.66. The summed E-state index contributed by atoms with van der Waals surface area (Å²) < 4.78 is 0. The third-order valence-corrected chi connectivity index (χ3v) is 4.64. The molecule has 1 aliphatic rings. The zero-order valence-electron chi connectivity index (χ0n) is 13.0. The van der Waals surface area contributed by atoms with Crippen LogP contribution in [0.15, 0.2) is 48.5 Å². The number of rotatable bonds is 4. The molecule has 0 amide bonds. The molecular weight excluding hydrogens is 288 g/mol. The van der Waals surface area contributed by atoms with E-state index in [4.69, 9.17) is 0 Å². The van der Waals surface area contributed by atoms with Crippen LogP contribution in [0, 0.1) is 0 Å². The first kappa shape index (κ1) is 15.5. The van der Waals surface area contributed by atoms with Crippen LogP contribution in [0.4, 0.5) is 0 Å². The van der Waals surface area contributed by atoms with E-state index in [0.29, 0.717) is 11.1 Å². The van der Waals surface area contributed by atoms with Crippen molar-refractivity contribution in [3.63, 3.8) is 0 Å². The van der Waals surface area contributed by atoms with Gasteiger partial charge in [-0.15, -0.1) is 0 Å². The number of hydrogen-bond donors (Lipinski definition) is 1. The molecule has 1 saturated carbocycles. The van der Waals surface area contributed by atoms with Gasteiger partial charge in [-0.25, -0.2) is 4.79 Å². The van der Waals surface area contributed by atoms with Gasteiger partial charge in [0.05, 0.1) is 5.56 Å². The lowest BCUT2D eigenvalue weighted by molar-refractivity contribution is 0.0692. The third-order valence-electron chi connectivity index (χ3n) is 4.64. The van der Waals surface area contributed by atoms with E-state index in [1.807, 2.05) is 12.1 Å². The molecule has 0 spiro atoms. The highest BCUT2D eigenvalue weighted by molar-refractivity contribution is 6.15. The van der Waals surface area contributed by atoms with Crippen LogP contribution < -0.4 is 0 Å². The average molecular weight is 308 g/mol. The van der Waals surface area contributed by atoms with E-state index in [9.17, 15) is 14.7 Å². The number of benzene rings is 2. The van der Waals surface area contributed by atoms with Crippen LogP contribution in [0.1, 0.15) is 69.9 Å². The second kappa shape index (κ2) is 6.78. The molecule has 0 radical (unpaired) electrons. The van der Waals surface area contributed by atoms with Gasteiger partial charge in [0.15, 0.2) is 5.78 Å². The molecule has 1 aliphatic carbocycles. The summed E-state index contributed by atoms with van der Waals surface area (Å²) in [4.78, 5) is 24.6. The van der Waals surface area contributed by atoms with E-state index in [0.717, 1.165) is 31.2 Å². The zero-order chi connectivity index (χ0) is 16.2. The zero-order valence-corrected chi connectivity index (χ0v) is 13.0. The Morgan fingerprint density at radius 1 is 0.870 bits per heavy atom. The summed E-state index contributed by atoms with van der Waals surface area (Å²) in [6, 6.07) is 14.2. The molecular formula is C20H20O3. The summed E-state index contributed by atoms with van der Waals surface area (Å²) in [7, 11) is 0. The van der Waals surface area contributed by atoms with Crippen LogP contribution in [0.25, 0.3) is 0 Å². The Kier molecular flexibility index (Phi) is 4.56. The fourth-order valence-corrected chi connectivity index (χ4v) is 3.49. The smallest absolute Gasteiger partial charge is 0.336 e. The fraction of sp³-hybridized carbons (Fsp3) is 0.300. The molecule has 0 atom stereocenters. The van der Waals surface area contributed by atoms with Crippen molar-refractivity contribution in [3.05, 3.63) is 70.8 Å². The van der Waals surface area contributed by atoms with E-state index in [1.165, 1.54) is 12.5 Å². The Bertz CT molecular complexity index is 713. The standard InChI is InChI=1S/C20H20O3/c21-19(15-10-5-2-6-11-15)18-16(14-8-3-1-4-9-14)12-7-13-17(18)20(22)23/h2,5-7,10-14H,1,3-4,8-9H2,(H,22,23). The largest absolute Gasteiger partial charge is 0.478 e. The molecule has 3 heteroatoms. The maximum atomic E-state index is 13.0. The van der Waals surface area contributed by atoms with Crippen LogP contribution in [0.2, 0.25) is 0 Å². The van der Waals surface area contributed by atoms with E-state index in [2.05, 4.69) is 0 Å². The van der Waals surface area contributed by atoms with E-state index in [-0.39, 0.29) is 17.3 Å². The molecule has 3 rings (SSSR count). The van der Waals surface area contributed by atoms with Crippen molar-refractivity contribution in [2.24, 2.45) is 0 Å². The van der Waals surface area contributed by atoms with Crippen LogP contribution in [0.5, 0.6) is 0 Å². The van der Waals surface area contributed by atoms with Crippen molar-refractivity contribution in [1.82, 2.24) is 0 Å². The molecule has 118 valence electrons. The molecule has 0 heterocycles. The highest BCUT2D eigenvalue weighted by Crippen LogP contribution is 2.36. The Balaban J connectivity index is 2.11. The minimum absolute atomic E-state index is 0.113. The molecule has 0 bridgehead atoms. The lowest BCUT2D eigenvalue weighted by Crippen LogP contribution is -2.16. The van der Waals surface area contributed by atoms with Crippen LogP contribution >= 0.6 is 0 Å². The molecule has 23 heavy (non-hydrogen) atoms. The minimum atomic E-state index is -1.04. The number of hydrogen-bond acceptors (Lipinski definition) is 2. The van der Waals surface area contributed by atoms with Crippen LogP contribution in [-0.4, -0.2) is 16.9 Å². The lowest BCUT2D eigenvalue weighted by atomic mass is 9.79. The summed E-state index contributed by atoms with van der Waals surface area (Å²) in [5.41, 5.74) is 1.93. The summed E-state index contributed by atoms with van der Waals surface area (Å²) in [6.45, 7) is 0. The van der Waals surface area contributed by atoms with Crippen molar-refractivity contribution in [2.45, 2.75) is 38.0 Å². The molecule has 3 nitrogen and oxygen atoms in total. The van der Waals surface area contributed by atoms with Gasteiger partial charge in [-0.2, -0.15) is 0 Å². The molecule has 1 fully saturated rings. The highest BCUT2D eigenvalue weighted by atomic mass is 16.4.